The number of nitrogens with one attached hydrogen (secondary N) is 2. The van der Waals surface area contributed by atoms with E-state index in [1.165, 1.54) is 11.3 Å². The fraction of sp³-hybridized carbons (Fsp3) is 0.333. The Morgan fingerprint density at radius 2 is 1.77 bits per heavy atom. The zero-order chi connectivity index (χ0) is 21.6. The first-order valence-electron chi connectivity index (χ1n) is 11.0. The van der Waals surface area contributed by atoms with Crippen LogP contribution in [0.2, 0.25) is 0 Å². The van der Waals surface area contributed by atoms with Crippen LogP contribution >= 0.6 is 0 Å². The van der Waals surface area contributed by atoms with Gasteiger partial charge in [-0.3, -0.25) is 0 Å². The average molecular weight is 416 g/mol. The summed E-state index contributed by atoms with van der Waals surface area (Å²) in [6.45, 7) is 8.70. The molecule has 2 aromatic carbocycles. The highest BCUT2D eigenvalue weighted by atomic mass is 15.4. The third-order valence-corrected chi connectivity index (χ3v) is 5.31. The smallest absolute Gasteiger partial charge is 0.265 e. The Bertz CT molecular complexity index is 1170. The zero-order valence-corrected chi connectivity index (χ0v) is 18.4. The van der Waals surface area contributed by atoms with Gasteiger partial charge in [-0.05, 0) is 54.7 Å². The fourth-order valence-electron chi connectivity index (χ4n) is 3.73. The number of hydrogen-bond acceptors (Lipinski definition) is 6. The van der Waals surface area contributed by atoms with Crippen LogP contribution in [0.15, 0.2) is 47.6 Å². The number of H-pyrrole nitrogens is 1. The molecule has 0 aliphatic carbocycles. The van der Waals surface area contributed by atoms with Gasteiger partial charge < -0.3 is 9.88 Å². The second-order valence-corrected chi connectivity index (χ2v) is 7.64. The molecule has 0 radical (unpaired) electrons. The largest absolute Gasteiger partial charge is 0.372 e. The Kier molecular flexibility index (Phi) is 6.40. The van der Waals surface area contributed by atoms with Crippen LogP contribution in [0.3, 0.4) is 0 Å². The van der Waals surface area contributed by atoms with Crippen LogP contribution in [0.1, 0.15) is 44.7 Å². The minimum absolute atomic E-state index is 0.361. The molecule has 0 atom stereocenters. The van der Waals surface area contributed by atoms with Crippen molar-refractivity contribution in [3.63, 3.8) is 0 Å². The number of hydrogen-bond donors (Lipinski definition) is 2. The molecule has 4 aromatic rings. The normalized spacial score (nSPS) is 11.6. The first-order valence-corrected chi connectivity index (χ1v) is 11.0. The maximum Gasteiger partial charge on any atom is 0.265 e. The Morgan fingerprint density at radius 1 is 1.00 bits per heavy atom. The fourth-order valence-corrected chi connectivity index (χ4v) is 3.73. The number of aromatic nitrogens is 4. The Labute approximate surface area is 182 Å². The standard InChI is InChI=1S/C24H29N7/c1-4-13-31(14-5-2)19-10-7-18(8-11-19)16-25-29-24-27-23-22(28-30-24)20-15-17(6-3)9-12-21(20)26-23/h7-12,15-16H,4-6,13-14H2,1-3H3,(H2,26,27,29,30). The minimum atomic E-state index is 0.361. The van der Waals surface area contributed by atoms with Crippen LogP contribution in [0.5, 0.6) is 0 Å². The van der Waals surface area contributed by atoms with Crippen molar-refractivity contribution in [1.29, 1.82) is 0 Å². The molecule has 0 fully saturated rings. The monoisotopic (exact) mass is 415 g/mol. The lowest BCUT2D eigenvalue weighted by atomic mass is 10.1. The number of aryl methyl sites for hydroxylation is 1. The summed E-state index contributed by atoms with van der Waals surface area (Å²) in [7, 11) is 0. The van der Waals surface area contributed by atoms with Gasteiger partial charge in [-0.2, -0.15) is 10.1 Å². The first kappa shape index (κ1) is 20.8. The van der Waals surface area contributed by atoms with Crippen molar-refractivity contribution < 1.29 is 0 Å². The van der Waals surface area contributed by atoms with Gasteiger partial charge >= 0.3 is 0 Å². The summed E-state index contributed by atoms with van der Waals surface area (Å²) in [4.78, 5) is 10.2. The molecular weight excluding hydrogens is 386 g/mol. The second kappa shape index (κ2) is 9.55. The zero-order valence-electron chi connectivity index (χ0n) is 18.4. The van der Waals surface area contributed by atoms with E-state index in [9.17, 15) is 0 Å². The van der Waals surface area contributed by atoms with Crippen LogP contribution in [-0.4, -0.2) is 39.5 Å². The van der Waals surface area contributed by atoms with Gasteiger partial charge in [0.25, 0.3) is 5.95 Å². The van der Waals surface area contributed by atoms with Gasteiger partial charge in [-0.15, -0.1) is 10.2 Å². The van der Waals surface area contributed by atoms with Crippen LogP contribution in [-0.2, 0) is 6.42 Å². The number of fused-ring (bicyclic) bond motifs is 3. The van der Waals surface area contributed by atoms with Gasteiger partial charge in [-0.1, -0.05) is 39.0 Å². The highest BCUT2D eigenvalue weighted by Crippen LogP contribution is 2.24. The lowest BCUT2D eigenvalue weighted by molar-refractivity contribution is 0.745. The SMILES string of the molecule is CCCN(CCC)c1ccc(C=NNc2nnc3c(n2)[nH]c2ccc(CC)cc23)cc1. The molecule has 7 heteroatoms. The number of aromatic amines is 1. The maximum absolute atomic E-state index is 4.52. The van der Waals surface area contributed by atoms with E-state index in [4.69, 9.17) is 0 Å². The number of nitrogens with zero attached hydrogens (tertiary/aromatic N) is 5. The van der Waals surface area contributed by atoms with E-state index in [2.05, 4.69) is 98.8 Å². The van der Waals surface area contributed by atoms with Crippen molar-refractivity contribution >= 4 is 39.9 Å². The quantitative estimate of drug-likeness (QED) is 0.292. The molecule has 0 spiro atoms. The Balaban J connectivity index is 1.46. The van der Waals surface area contributed by atoms with Gasteiger partial charge in [0.2, 0.25) is 0 Å². The molecule has 4 rings (SSSR count). The van der Waals surface area contributed by atoms with Crippen LogP contribution in [0.4, 0.5) is 11.6 Å². The lowest BCUT2D eigenvalue weighted by Crippen LogP contribution is -2.24. The molecule has 0 unspecified atom stereocenters. The van der Waals surface area contributed by atoms with E-state index in [1.807, 2.05) is 0 Å². The van der Waals surface area contributed by atoms with Crippen molar-refractivity contribution in [2.75, 3.05) is 23.4 Å². The summed E-state index contributed by atoms with van der Waals surface area (Å²) in [5.74, 6) is 0.361. The summed E-state index contributed by atoms with van der Waals surface area (Å²) in [5.41, 5.74) is 8.89. The van der Waals surface area contributed by atoms with Gasteiger partial charge in [0.15, 0.2) is 5.65 Å². The van der Waals surface area contributed by atoms with Crippen molar-refractivity contribution in [3.05, 3.63) is 53.6 Å². The molecule has 0 aliphatic heterocycles. The molecular formula is C24H29N7. The Morgan fingerprint density at radius 3 is 2.48 bits per heavy atom. The summed E-state index contributed by atoms with van der Waals surface area (Å²) in [6, 6.07) is 14.8. The predicted octanol–water partition coefficient (Wildman–Crippen LogP) is 5.14. The predicted molar refractivity (Wildman–Crippen MR) is 129 cm³/mol. The van der Waals surface area contributed by atoms with Crippen molar-refractivity contribution in [1.82, 2.24) is 20.2 Å². The van der Waals surface area contributed by atoms with Crippen molar-refractivity contribution in [2.45, 2.75) is 40.0 Å². The van der Waals surface area contributed by atoms with Gasteiger partial charge in [0.05, 0.1) is 6.21 Å². The van der Waals surface area contributed by atoms with Crippen molar-refractivity contribution in [2.24, 2.45) is 5.10 Å². The summed E-state index contributed by atoms with van der Waals surface area (Å²) >= 11 is 0. The molecule has 0 amide bonds. The molecule has 7 nitrogen and oxygen atoms in total. The number of benzene rings is 2. The molecule has 2 N–H and O–H groups in total. The average Bonchev–Trinajstić information content (AvgIpc) is 3.16. The van der Waals surface area contributed by atoms with E-state index < -0.39 is 0 Å². The molecule has 0 saturated carbocycles. The highest BCUT2D eigenvalue weighted by Gasteiger charge is 2.09. The van der Waals surface area contributed by atoms with E-state index >= 15 is 0 Å². The number of rotatable bonds is 9. The third kappa shape index (κ3) is 4.66. The summed E-state index contributed by atoms with van der Waals surface area (Å²) < 4.78 is 0. The molecule has 31 heavy (non-hydrogen) atoms. The summed E-state index contributed by atoms with van der Waals surface area (Å²) in [5, 5.41) is 13.9. The molecule has 2 heterocycles. The molecule has 0 aliphatic rings. The van der Waals surface area contributed by atoms with E-state index in [0.29, 0.717) is 11.6 Å². The number of hydrazone groups is 1. The van der Waals surface area contributed by atoms with Gasteiger partial charge in [-0.25, -0.2) is 5.43 Å². The second-order valence-electron chi connectivity index (χ2n) is 7.64. The topological polar surface area (TPSA) is 82.1 Å². The molecule has 0 bridgehead atoms. The van der Waals surface area contributed by atoms with Crippen LogP contribution < -0.4 is 10.3 Å². The highest BCUT2D eigenvalue weighted by molar-refractivity contribution is 6.03. The third-order valence-electron chi connectivity index (χ3n) is 5.31. The lowest BCUT2D eigenvalue weighted by Gasteiger charge is -2.23. The van der Waals surface area contributed by atoms with Gasteiger partial charge in [0.1, 0.15) is 5.52 Å². The van der Waals surface area contributed by atoms with E-state index in [0.717, 1.165) is 54.3 Å². The van der Waals surface area contributed by atoms with E-state index in [1.54, 1.807) is 6.21 Å². The van der Waals surface area contributed by atoms with Crippen molar-refractivity contribution in [3.8, 4) is 0 Å². The van der Waals surface area contributed by atoms with Gasteiger partial charge in [0, 0.05) is 29.7 Å². The van der Waals surface area contributed by atoms with Crippen LogP contribution in [0, 0.1) is 0 Å². The van der Waals surface area contributed by atoms with Crippen LogP contribution in [0.25, 0.3) is 22.1 Å². The molecule has 2 aromatic heterocycles. The van der Waals surface area contributed by atoms with E-state index in [-0.39, 0.29) is 0 Å². The summed E-state index contributed by atoms with van der Waals surface area (Å²) in [6.07, 6.45) is 5.03. The molecule has 160 valence electrons. The number of anilines is 2. The first-order chi connectivity index (χ1) is 15.2. The Hall–Kier alpha value is -3.48. The molecule has 0 saturated heterocycles. The minimum Gasteiger partial charge on any atom is -0.372 e. The maximum atomic E-state index is 4.52.